The molecule has 0 aliphatic rings. The third-order valence-electron chi connectivity index (χ3n) is 6.91. The standard InChI is InChI=1S/C27H40Br2OSi/c1-18(2)31(19(3)4,20(5)6)30-25(23-12-10-9-11-13-23)16-24(17-28)26-21(7)14-15-22(8)27(26)29/h9-15,18-20,24-25H,16-17H2,1-8H3. The zero-order valence-corrected chi connectivity index (χ0v) is 24.7. The maximum absolute atomic E-state index is 7.38. The summed E-state index contributed by atoms with van der Waals surface area (Å²) in [5.74, 6) is 0.373. The predicted molar refractivity (Wildman–Crippen MR) is 146 cm³/mol. The van der Waals surface area contributed by atoms with E-state index in [0.717, 1.165) is 11.8 Å². The largest absolute Gasteiger partial charge is 0.409 e. The van der Waals surface area contributed by atoms with Crippen molar-refractivity contribution < 1.29 is 4.43 Å². The Morgan fingerprint density at radius 2 is 1.32 bits per heavy atom. The van der Waals surface area contributed by atoms with Crippen LogP contribution in [0.5, 0.6) is 0 Å². The van der Waals surface area contributed by atoms with Gasteiger partial charge in [-0.25, -0.2) is 0 Å². The summed E-state index contributed by atoms with van der Waals surface area (Å²) >= 11 is 7.74. The molecule has 0 heterocycles. The molecule has 2 aromatic rings. The number of aryl methyl sites for hydroxylation is 2. The third kappa shape index (κ3) is 5.93. The third-order valence-corrected chi connectivity index (χ3v) is 14.8. The second-order valence-electron chi connectivity index (χ2n) is 9.85. The van der Waals surface area contributed by atoms with Crippen molar-refractivity contribution >= 4 is 40.2 Å². The molecule has 0 fully saturated rings. The lowest BCUT2D eigenvalue weighted by Gasteiger charge is -2.45. The molecule has 4 heteroatoms. The summed E-state index contributed by atoms with van der Waals surface area (Å²) in [5, 5.41) is 0.919. The lowest BCUT2D eigenvalue weighted by molar-refractivity contribution is 0.159. The van der Waals surface area contributed by atoms with Gasteiger partial charge in [0, 0.05) is 9.80 Å². The Hall–Kier alpha value is -0.423. The number of benzene rings is 2. The molecule has 1 nitrogen and oxygen atoms in total. The van der Waals surface area contributed by atoms with Crippen molar-refractivity contribution in [1.29, 1.82) is 0 Å². The Bertz CT molecular complexity index is 811. The fourth-order valence-electron chi connectivity index (χ4n) is 5.39. The minimum Gasteiger partial charge on any atom is -0.409 e. The molecular weight excluding hydrogens is 528 g/mol. The van der Waals surface area contributed by atoms with Crippen molar-refractivity contribution in [2.45, 2.75) is 90.5 Å². The molecule has 2 unspecified atom stereocenters. The minimum atomic E-state index is -2.02. The van der Waals surface area contributed by atoms with Crippen LogP contribution in [0.4, 0.5) is 0 Å². The van der Waals surface area contributed by atoms with E-state index >= 15 is 0 Å². The minimum absolute atomic E-state index is 0.0921. The van der Waals surface area contributed by atoms with Crippen LogP contribution in [0.25, 0.3) is 0 Å². The van der Waals surface area contributed by atoms with Gasteiger partial charge in [0.15, 0.2) is 0 Å². The normalized spacial score (nSPS) is 14.5. The highest BCUT2D eigenvalue weighted by Gasteiger charge is 2.47. The highest BCUT2D eigenvalue weighted by atomic mass is 79.9. The van der Waals surface area contributed by atoms with Gasteiger partial charge >= 0.3 is 0 Å². The van der Waals surface area contributed by atoms with Crippen molar-refractivity contribution in [3.8, 4) is 0 Å². The fraction of sp³-hybridized carbons (Fsp3) is 0.556. The highest BCUT2D eigenvalue weighted by molar-refractivity contribution is 9.10. The zero-order valence-electron chi connectivity index (χ0n) is 20.5. The van der Waals surface area contributed by atoms with E-state index in [2.05, 4.69) is 130 Å². The van der Waals surface area contributed by atoms with Crippen LogP contribution in [0.2, 0.25) is 16.6 Å². The molecule has 0 amide bonds. The first-order valence-corrected chi connectivity index (χ1v) is 15.7. The summed E-state index contributed by atoms with van der Waals surface area (Å²) in [6.07, 6.45) is 1.06. The molecule has 2 atom stereocenters. The summed E-state index contributed by atoms with van der Waals surface area (Å²) in [7, 11) is -2.02. The number of hydrogen-bond acceptors (Lipinski definition) is 1. The first-order valence-electron chi connectivity index (χ1n) is 11.6. The molecule has 172 valence electrons. The molecule has 0 spiro atoms. The van der Waals surface area contributed by atoms with Crippen molar-refractivity contribution in [2.75, 3.05) is 5.33 Å². The monoisotopic (exact) mass is 566 g/mol. The molecule has 0 aliphatic heterocycles. The van der Waals surface area contributed by atoms with E-state index in [1.807, 2.05) is 0 Å². The van der Waals surface area contributed by atoms with Crippen LogP contribution >= 0.6 is 31.9 Å². The van der Waals surface area contributed by atoms with Gasteiger partial charge in [-0.05, 0) is 65.1 Å². The van der Waals surface area contributed by atoms with E-state index in [9.17, 15) is 0 Å². The van der Waals surface area contributed by atoms with Crippen LogP contribution in [-0.4, -0.2) is 13.6 Å². The molecule has 0 saturated heterocycles. The summed E-state index contributed by atoms with van der Waals surface area (Å²) in [6, 6.07) is 15.3. The Morgan fingerprint density at radius 1 is 0.806 bits per heavy atom. The van der Waals surface area contributed by atoms with E-state index in [1.165, 1.54) is 26.7 Å². The molecule has 0 radical (unpaired) electrons. The smallest absolute Gasteiger partial charge is 0.201 e. The molecule has 2 rings (SSSR count). The molecule has 0 bridgehead atoms. The van der Waals surface area contributed by atoms with Crippen LogP contribution in [0.3, 0.4) is 0 Å². The molecule has 2 aromatic carbocycles. The van der Waals surface area contributed by atoms with E-state index < -0.39 is 8.32 Å². The molecule has 0 saturated carbocycles. The SMILES string of the molecule is Cc1ccc(C)c(C(CBr)CC(O[Si](C(C)C)(C(C)C)C(C)C)c2ccccc2)c1Br. The van der Waals surface area contributed by atoms with Gasteiger partial charge in [0.25, 0.3) is 0 Å². The van der Waals surface area contributed by atoms with Crippen molar-refractivity contribution in [3.63, 3.8) is 0 Å². The molecule has 0 aliphatic carbocycles. The van der Waals surface area contributed by atoms with E-state index in [4.69, 9.17) is 4.43 Å². The van der Waals surface area contributed by atoms with Crippen LogP contribution in [0.1, 0.15) is 82.2 Å². The fourth-order valence-corrected chi connectivity index (χ4v) is 12.3. The van der Waals surface area contributed by atoms with Crippen LogP contribution in [-0.2, 0) is 4.43 Å². The van der Waals surface area contributed by atoms with Crippen LogP contribution in [0, 0.1) is 13.8 Å². The van der Waals surface area contributed by atoms with Gasteiger partial charge in [-0.2, -0.15) is 0 Å². The lowest BCUT2D eigenvalue weighted by Crippen LogP contribution is -2.48. The second-order valence-corrected chi connectivity index (χ2v) is 16.7. The van der Waals surface area contributed by atoms with Gasteiger partial charge in [-0.3, -0.25) is 0 Å². The molecular formula is C27H40Br2OSi. The number of alkyl halides is 1. The predicted octanol–water partition coefficient (Wildman–Crippen LogP) is 9.87. The van der Waals surface area contributed by atoms with Crippen molar-refractivity contribution in [3.05, 3.63) is 69.2 Å². The molecule has 0 N–H and O–H groups in total. The van der Waals surface area contributed by atoms with Gasteiger partial charge in [-0.1, -0.05) is 116 Å². The maximum atomic E-state index is 7.38. The number of rotatable bonds is 10. The van der Waals surface area contributed by atoms with Gasteiger partial charge in [-0.15, -0.1) is 0 Å². The van der Waals surface area contributed by atoms with Gasteiger partial charge in [0.2, 0.25) is 8.32 Å². The van der Waals surface area contributed by atoms with E-state index in [-0.39, 0.29) is 6.10 Å². The summed E-state index contributed by atoms with van der Waals surface area (Å²) < 4.78 is 8.61. The molecule has 31 heavy (non-hydrogen) atoms. The summed E-state index contributed by atoms with van der Waals surface area (Å²) in [4.78, 5) is 0. The van der Waals surface area contributed by atoms with Gasteiger partial charge in [0.05, 0.1) is 6.10 Å². The van der Waals surface area contributed by atoms with Crippen LogP contribution in [0.15, 0.2) is 46.9 Å². The second kappa shape index (κ2) is 11.6. The van der Waals surface area contributed by atoms with Gasteiger partial charge in [0.1, 0.15) is 0 Å². The Morgan fingerprint density at radius 3 is 1.81 bits per heavy atom. The van der Waals surface area contributed by atoms with Crippen molar-refractivity contribution in [2.24, 2.45) is 0 Å². The Labute approximate surface area is 208 Å². The topological polar surface area (TPSA) is 9.23 Å². The average Bonchev–Trinajstić information content (AvgIpc) is 2.72. The Balaban J connectivity index is 2.54. The number of hydrogen-bond donors (Lipinski definition) is 0. The first-order chi connectivity index (χ1) is 14.6. The van der Waals surface area contributed by atoms with Crippen LogP contribution < -0.4 is 0 Å². The summed E-state index contributed by atoms with van der Waals surface area (Å²) in [6.45, 7) is 18.6. The Kier molecular flexibility index (Phi) is 10.1. The molecule has 0 aromatic heterocycles. The lowest BCUT2D eigenvalue weighted by atomic mass is 9.88. The maximum Gasteiger partial charge on any atom is 0.201 e. The van der Waals surface area contributed by atoms with E-state index in [0.29, 0.717) is 22.5 Å². The highest BCUT2D eigenvalue weighted by Crippen LogP contribution is 2.47. The van der Waals surface area contributed by atoms with E-state index in [1.54, 1.807) is 0 Å². The summed E-state index contributed by atoms with van der Waals surface area (Å²) in [5.41, 5.74) is 7.03. The average molecular weight is 569 g/mol. The van der Waals surface area contributed by atoms with Crippen molar-refractivity contribution in [1.82, 2.24) is 0 Å². The quantitative estimate of drug-likeness (QED) is 0.205. The van der Waals surface area contributed by atoms with Gasteiger partial charge < -0.3 is 4.43 Å². The number of halogens is 2. The first kappa shape index (κ1) is 26.8. The zero-order chi connectivity index (χ0) is 23.3.